The second-order valence-electron chi connectivity index (χ2n) is 6.40. The molecule has 2 aromatic rings. The van der Waals surface area contributed by atoms with Crippen molar-refractivity contribution in [3.63, 3.8) is 0 Å². The van der Waals surface area contributed by atoms with E-state index in [1.54, 1.807) is 36.4 Å². The van der Waals surface area contributed by atoms with E-state index in [1.807, 2.05) is 6.92 Å². The van der Waals surface area contributed by atoms with Gasteiger partial charge in [-0.2, -0.15) is 0 Å². The Balaban J connectivity index is 1.91. The van der Waals surface area contributed by atoms with Gasteiger partial charge in [-0.1, -0.05) is 48.3 Å². The third-order valence-corrected chi connectivity index (χ3v) is 6.70. The lowest BCUT2D eigenvalue weighted by atomic mass is 10.2. The second kappa shape index (κ2) is 8.59. The molecule has 3 rings (SSSR count). The fourth-order valence-electron chi connectivity index (χ4n) is 2.88. The van der Waals surface area contributed by atoms with Crippen molar-refractivity contribution in [3.05, 3.63) is 58.1 Å². The lowest BCUT2D eigenvalue weighted by molar-refractivity contribution is -0.127. The lowest BCUT2D eigenvalue weighted by Crippen LogP contribution is -2.51. The number of amides is 1. The van der Waals surface area contributed by atoms with Gasteiger partial charge in [-0.25, -0.2) is 8.42 Å². The highest BCUT2D eigenvalue weighted by Gasteiger charge is 2.36. The molecule has 28 heavy (non-hydrogen) atoms. The van der Waals surface area contributed by atoms with Crippen molar-refractivity contribution in [1.82, 2.24) is 5.32 Å². The molecule has 1 amide bonds. The van der Waals surface area contributed by atoms with Crippen LogP contribution in [0.15, 0.2) is 42.5 Å². The molecule has 0 aromatic heterocycles. The maximum atomic E-state index is 13.2. The van der Waals surface area contributed by atoms with E-state index in [0.29, 0.717) is 28.6 Å². The van der Waals surface area contributed by atoms with Crippen LogP contribution in [0.1, 0.15) is 18.9 Å². The van der Waals surface area contributed by atoms with Crippen LogP contribution in [0.4, 0.5) is 5.69 Å². The molecular weight excluding hydrogens is 423 g/mol. The minimum atomic E-state index is -3.79. The molecule has 1 atom stereocenters. The van der Waals surface area contributed by atoms with E-state index in [1.165, 1.54) is 10.4 Å². The fourth-order valence-corrected chi connectivity index (χ4v) is 4.77. The Hall–Kier alpha value is -1.96. The maximum Gasteiger partial charge on any atom is 0.263 e. The first-order valence-corrected chi connectivity index (χ1v) is 11.2. The number of nitrogens with zero attached hydrogens (tertiary/aromatic N) is 1. The molecule has 1 aliphatic heterocycles. The van der Waals surface area contributed by atoms with Gasteiger partial charge in [-0.15, -0.1) is 0 Å². The topological polar surface area (TPSA) is 75.7 Å². The van der Waals surface area contributed by atoms with Crippen molar-refractivity contribution in [1.29, 1.82) is 0 Å². The number of anilines is 1. The predicted octanol–water partition coefficient (Wildman–Crippen LogP) is 3.62. The van der Waals surface area contributed by atoms with Crippen molar-refractivity contribution in [2.24, 2.45) is 0 Å². The number of fused-ring (bicyclic) bond motifs is 1. The summed E-state index contributed by atoms with van der Waals surface area (Å²) in [6.07, 6.45) is -0.154. The van der Waals surface area contributed by atoms with Gasteiger partial charge in [0, 0.05) is 6.54 Å². The number of sulfonamides is 1. The fraction of sp³-hybridized carbons (Fsp3) is 0.316. The summed E-state index contributed by atoms with van der Waals surface area (Å²) < 4.78 is 33.3. The average molecular weight is 443 g/mol. The van der Waals surface area contributed by atoms with Gasteiger partial charge >= 0.3 is 0 Å². The predicted molar refractivity (Wildman–Crippen MR) is 111 cm³/mol. The van der Waals surface area contributed by atoms with E-state index in [0.717, 1.165) is 6.42 Å². The highest BCUT2D eigenvalue weighted by Crippen LogP contribution is 2.36. The van der Waals surface area contributed by atoms with E-state index >= 15 is 0 Å². The third-order valence-electron chi connectivity index (χ3n) is 4.25. The smallest absolute Gasteiger partial charge is 0.263 e. The van der Waals surface area contributed by atoms with Crippen LogP contribution in [0, 0.1) is 0 Å². The summed E-state index contributed by atoms with van der Waals surface area (Å²) in [4.78, 5) is 12.4. The molecule has 0 aliphatic carbocycles. The SMILES string of the molecule is CCCNC(=O)C1CN(S(=O)(=O)Cc2ccc(Cl)c(Cl)c2)c2ccccc2O1. The zero-order chi connectivity index (χ0) is 20.3. The summed E-state index contributed by atoms with van der Waals surface area (Å²) in [6.45, 7) is 2.33. The maximum absolute atomic E-state index is 13.2. The van der Waals surface area contributed by atoms with Gasteiger partial charge in [0.15, 0.2) is 6.10 Å². The Morgan fingerprint density at radius 1 is 1.21 bits per heavy atom. The van der Waals surface area contributed by atoms with Gasteiger partial charge < -0.3 is 10.1 Å². The van der Waals surface area contributed by atoms with E-state index in [4.69, 9.17) is 27.9 Å². The Morgan fingerprint density at radius 2 is 1.96 bits per heavy atom. The Bertz CT molecular complexity index is 982. The van der Waals surface area contributed by atoms with Gasteiger partial charge in [0.1, 0.15) is 5.75 Å². The molecule has 1 unspecified atom stereocenters. The summed E-state index contributed by atoms with van der Waals surface area (Å²) >= 11 is 11.9. The zero-order valence-electron chi connectivity index (χ0n) is 15.2. The first-order chi connectivity index (χ1) is 13.3. The molecule has 1 N–H and O–H groups in total. The van der Waals surface area contributed by atoms with Crippen molar-refractivity contribution in [2.75, 3.05) is 17.4 Å². The normalized spacial score (nSPS) is 16.2. The van der Waals surface area contributed by atoms with Gasteiger partial charge in [0.25, 0.3) is 5.91 Å². The molecule has 6 nitrogen and oxygen atoms in total. The number of ether oxygens (including phenoxy) is 1. The minimum absolute atomic E-state index is 0.101. The van der Waals surface area contributed by atoms with Crippen LogP contribution in [0.5, 0.6) is 5.75 Å². The van der Waals surface area contributed by atoms with Crippen LogP contribution in [-0.4, -0.2) is 33.5 Å². The van der Waals surface area contributed by atoms with Crippen LogP contribution in [0.25, 0.3) is 0 Å². The van der Waals surface area contributed by atoms with Crippen LogP contribution >= 0.6 is 23.2 Å². The summed E-state index contributed by atoms with van der Waals surface area (Å²) in [5.74, 6) is -0.268. The molecule has 1 heterocycles. The summed E-state index contributed by atoms with van der Waals surface area (Å²) in [7, 11) is -3.79. The molecule has 0 radical (unpaired) electrons. The number of rotatable bonds is 6. The Morgan fingerprint density at radius 3 is 2.68 bits per heavy atom. The van der Waals surface area contributed by atoms with Crippen LogP contribution in [0.2, 0.25) is 10.0 Å². The van der Waals surface area contributed by atoms with Crippen molar-refractivity contribution < 1.29 is 17.9 Å². The molecule has 0 spiro atoms. The van der Waals surface area contributed by atoms with Gasteiger partial charge in [0.2, 0.25) is 10.0 Å². The molecule has 9 heteroatoms. The van der Waals surface area contributed by atoms with Gasteiger partial charge in [0.05, 0.1) is 28.0 Å². The number of benzene rings is 2. The van der Waals surface area contributed by atoms with E-state index in [-0.39, 0.29) is 23.2 Å². The van der Waals surface area contributed by atoms with Crippen LogP contribution in [0.3, 0.4) is 0 Å². The largest absolute Gasteiger partial charge is 0.476 e. The highest BCUT2D eigenvalue weighted by molar-refractivity contribution is 7.92. The lowest BCUT2D eigenvalue weighted by Gasteiger charge is -2.34. The molecule has 150 valence electrons. The zero-order valence-corrected chi connectivity index (χ0v) is 17.5. The second-order valence-corrected chi connectivity index (χ2v) is 9.11. The van der Waals surface area contributed by atoms with Crippen molar-refractivity contribution in [3.8, 4) is 5.75 Å². The molecule has 0 fully saturated rings. The average Bonchev–Trinajstić information content (AvgIpc) is 2.67. The van der Waals surface area contributed by atoms with Crippen LogP contribution in [-0.2, 0) is 20.6 Å². The highest BCUT2D eigenvalue weighted by atomic mass is 35.5. The third kappa shape index (κ3) is 4.54. The number of halogens is 2. The molecule has 0 saturated carbocycles. The number of hydrogen-bond acceptors (Lipinski definition) is 4. The monoisotopic (exact) mass is 442 g/mol. The number of hydrogen-bond donors (Lipinski definition) is 1. The van der Waals surface area contributed by atoms with Crippen LogP contribution < -0.4 is 14.4 Å². The quantitative estimate of drug-likeness (QED) is 0.740. The molecule has 0 saturated heterocycles. The van der Waals surface area contributed by atoms with E-state index < -0.39 is 16.1 Å². The Kier molecular flexibility index (Phi) is 6.37. The number of carbonyl (C=O) groups excluding carboxylic acids is 1. The Labute approximate surface area is 174 Å². The van der Waals surface area contributed by atoms with Gasteiger partial charge in [-0.3, -0.25) is 9.10 Å². The number of para-hydroxylation sites is 2. The number of nitrogens with one attached hydrogen (secondary N) is 1. The molecule has 2 aromatic carbocycles. The number of carbonyl (C=O) groups is 1. The summed E-state index contributed by atoms with van der Waals surface area (Å²) in [5.41, 5.74) is 0.910. The van der Waals surface area contributed by atoms with Gasteiger partial charge in [-0.05, 0) is 36.2 Å². The van der Waals surface area contributed by atoms with E-state index in [2.05, 4.69) is 5.32 Å². The standard InChI is InChI=1S/C19H20Cl2N2O4S/c1-2-9-22-19(24)18-11-23(16-5-3-4-6-17(16)27-18)28(25,26)12-13-7-8-14(20)15(21)10-13/h3-8,10,18H,2,9,11-12H2,1H3,(H,22,24). The minimum Gasteiger partial charge on any atom is -0.476 e. The first kappa shape index (κ1) is 20.8. The molecule has 1 aliphatic rings. The van der Waals surface area contributed by atoms with Crippen molar-refractivity contribution in [2.45, 2.75) is 25.2 Å². The summed E-state index contributed by atoms with van der Waals surface area (Å²) in [6, 6.07) is 11.5. The van der Waals surface area contributed by atoms with E-state index in [9.17, 15) is 13.2 Å². The molecular formula is C19H20Cl2N2O4S. The molecule has 0 bridgehead atoms. The summed E-state index contributed by atoms with van der Waals surface area (Å²) in [5, 5.41) is 3.39. The van der Waals surface area contributed by atoms with Crippen molar-refractivity contribution >= 4 is 44.8 Å². The first-order valence-electron chi connectivity index (χ1n) is 8.79.